The number of benzene rings is 1. The number of carbonyl (C=O) groups is 1. The van der Waals surface area contributed by atoms with E-state index in [-0.39, 0.29) is 29.6 Å². The second-order valence-corrected chi connectivity index (χ2v) is 12.8. The van der Waals surface area contributed by atoms with Crippen LogP contribution in [0.3, 0.4) is 0 Å². The molecular weight excluding hydrogens is 556 g/mol. The van der Waals surface area contributed by atoms with Gasteiger partial charge in [-0.2, -0.15) is 0 Å². The number of allylic oxidation sites excluding steroid dienone is 1. The summed E-state index contributed by atoms with van der Waals surface area (Å²) in [6.07, 6.45) is 1.44. The number of aryl methyl sites for hydroxylation is 1. The molecule has 2 heterocycles. The van der Waals surface area contributed by atoms with Gasteiger partial charge < -0.3 is 44.2 Å². The Morgan fingerprint density at radius 2 is 1.84 bits per heavy atom. The van der Waals surface area contributed by atoms with Gasteiger partial charge in [0.2, 0.25) is 6.29 Å². The van der Waals surface area contributed by atoms with Gasteiger partial charge in [-0.3, -0.25) is 0 Å². The number of hydrogen-bond donors (Lipinski definition) is 5. The molecule has 0 unspecified atom stereocenters. The maximum Gasteiger partial charge on any atom is 0.334 e. The van der Waals surface area contributed by atoms with E-state index >= 15 is 0 Å². The van der Waals surface area contributed by atoms with Crippen LogP contribution in [-0.4, -0.2) is 74.9 Å². The molecule has 2 fully saturated rings. The van der Waals surface area contributed by atoms with E-state index in [2.05, 4.69) is 13.8 Å². The number of furan rings is 1. The normalized spacial score (nSPS) is 37.7. The van der Waals surface area contributed by atoms with Gasteiger partial charge in [0.25, 0.3) is 0 Å². The second-order valence-electron chi connectivity index (χ2n) is 12.8. The van der Waals surface area contributed by atoms with Crippen molar-refractivity contribution in [3.8, 4) is 5.75 Å². The Hall–Kier alpha value is -2.73. The molecule has 1 aromatic carbocycles. The van der Waals surface area contributed by atoms with E-state index in [4.69, 9.17) is 18.6 Å². The molecule has 1 aliphatic heterocycles. The third kappa shape index (κ3) is 5.89. The quantitative estimate of drug-likeness (QED) is 0.271. The summed E-state index contributed by atoms with van der Waals surface area (Å²) in [6.45, 7) is 5.75. The number of aliphatic hydroxyl groups is 5. The second kappa shape index (κ2) is 12.7. The van der Waals surface area contributed by atoms with E-state index in [0.29, 0.717) is 24.0 Å². The highest BCUT2D eigenvalue weighted by molar-refractivity contribution is 5.90. The van der Waals surface area contributed by atoms with Crippen molar-refractivity contribution in [1.29, 1.82) is 0 Å². The summed E-state index contributed by atoms with van der Waals surface area (Å²) in [7, 11) is 0. The number of esters is 1. The standard InChI is InChI=1S/C33H44O10/c1-19-15-26(35)33(3)22(8-6-10-25(33)32(19,2)13-11-20-12-14-40-17-20)30(39)41-18-21-7-4-5-9-23(21)42-31-29(38)28(37)27(36)24(16-34)43-31/h4-5,7-9,12,14,17,19,24-29,31,34-38H,6,10-11,13,15-16,18H2,1-3H3/t19-,24-,25-,26+,27-,28+,29-,31-,32+,33+/m1/s1. The minimum absolute atomic E-state index is 0.0695. The van der Waals surface area contributed by atoms with E-state index in [0.717, 1.165) is 24.8 Å². The predicted molar refractivity (Wildman–Crippen MR) is 154 cm³/mol. The first kappa shape index (κ1) is 31.7. The van der Waals surface area contributed by atoms with Gasteiger partial charge in [0, 0.05) is 16.6 Å². The number of aliphatic hydroxyl groups excluding tert-OH is 5. The lowest BCUT2D eigenvalue weighted by molar-refractivity contribution is -0.277. The molecule has 236 valence electrons. The molecule has 0 spiro atoms. The first-order chi connectivity index (χ1) is 20.5. The lowest BCUT2D eigenvalue weighted by Crippen LogP contribution is -2.60. The average Bonchev–Trinajstić information content (AvgIpc) is 3.53. The van der Waals surface area contributed by atoms with Gasteiger partial charge in [-0.05, 0) is 67.1 Å². The fourth-order valence-electron chi connectivity index (χ4n) is 7.54. The Morgan fingerprint density at radius 1 is 1.07 bits per heavy atom. The maximum absolute atomic E-state index is 13.7. The van der Waals surface area contributed by atoms with Crippen molar-refractivity contribution in [3.05, 3.63) is 65.6 Å². The zero-order chi connectivity index (χ0) is 30.9. The zero-order valence-corrected chi connectivity index (χ0v) is 25.0. The molecule has 0 bridgehead atoms. The van der Waals surface area contributed by atoms with Crippen molar-refractivity contribution in [1.82, 2.24) is 0 Å². The van der Waals surface area contributed by atoms with E-state index < -0.39 is 54.8 Å². The molecule has 1 saturated carbocycles. The lowest BCUT2D eigenvalue weighted by atomic mass is 9.45. The zero-order valence-electron chi connectivity index (χ0n) is 25.0. The summed E-state index contributed by atoms with van der Waals surface area (Å²) >= 11 is 0. The Kier molecular flexibility index (Phi) is 9.37. The van der Waals surface area contributed by atoms with Crippen molar-refractivity contribution in [2.24, 2.45) is 22.7 Å². The van der Waals surface area contributed by atoms with Crippen LogP contribution in [0, 0.1) is 22.7 Å². The molecule has 2 aromatic rings. The number of hydrogen-bond acceptors (Lipinski definition) is 10. The molecular formula is C33H44O10. The smallest absolute Gasteiger partial charge is 0.334 e. The van der Waals surface area contributed by atoms with Gasteiger partial charge in [-0.25, -0.2) is 4.79 Å². The van der Waals surface area contributed by atoms with Crippen LogP contribution in [0.1, 0.15) is 57.6 Å². The molecule has 43 heavy (non-hydrogen) atoms. The Morgan fingerprint density at radius 3 is 2.56 bits per heavy atom. The number of rotatable bonds is 9. The van der Waals surface area contributed by atoms with Gasteiger partial charge in [0.05, 0.1) is 25.2 Å². The van der Waals surface area contributed by atoms with Gasteiger partial charge in [0.15, 0.2) is 0 Å². The van der Waals surface area contributed by atoms with Gasteiger partial charge in [-0.1, -0.05) is 45.0 Å². The molecule has 10 nitrogen and oxygen atoms in total. The average molecular weight is 601 g/mol. The van der Waals surface area contributed by atoms with E-state index in [1.54, 1.807) is 36.8 Å². The third-order valence-corrected chi connectivity index (χ3v) is 10.5. The topological polar surface area (TPSA) is 159 Å². The van der Waals surface area contributed by atoms with Crippen molar-refractivity contribution in [3.63, 3.8) is 0 Å². The van der Waals surface area contributed by atoms with E-state index in [1.807, 2.05) is 19.1 Å². The monoisotopic (exact) mass is 600 g/mol. The fourth-order valence-corrected chi connectivity index (χ4v) is 7.54. The largest absolute Gasteiger partial charge is 0.472 e. The van der Waals surface area contributed by atoms with Crippen molar-refractivity contribution in [2.45, 2.75) is 96.3 Å². The highest BCUT2D eigenvalue weighted by atomic mass is 16.7. The van der Waals surface area contributed by atoms with Crippen molar-refractivity contribution < 1.29 is 49.0 Å². The van der Waals surface area contributed by atoms with Gasteiger partial charge in [-0.15, -0.1) is 0 Å². The summed E-state index contributed by atoms with van der Waals surface area (Å²) in [5, 5.41) is 51.6. The fraction of sp³-hybridized carbons (Fsp3) is 0.606. The summed E-state index contributed by atoms with van der Waals surface area (Å²) in [6, 6.07) is 8.74. The molecule has 10 atom stereocenters. The van der Waals surface area contributed by atoms with Gasteiger partial charge in [0.1, 0.15) is 36.8 Å². The lowest BCUT2D eigenvalue weighted by Gasteiger charge is -2.59. The molecule has 0 radical (unpaired) electrons. The van der Waals surface area contributed by atoms with Crippen LogP contribution in [0.5, 0.6) is 5.75 Å². The van der Waals surface area contributed by atoms with Crippen molar-refractivity contribution in [2.75, 3.05) is 6.61 Å². The van der Waals surface area contributed by atoms with E-state index in [1.165, 1.54) is 0 Å². The SMILES string of the molecule is C[C@@H]1C[C@H](O)[C@@]2(C)C(C(=O)OCc3ccccc3O[C@@H]3O[C@H](CO)[C@@H](O)[C@H](O)[C@H]3O)=CCC[C@@H]2[C@@]1(C)CCc1ccoc1. The van der Waals surface area contributed by atoms with Crippen LogP contribution in [-0.2, 0) is 27.3 Å². The minimum atomic E-state index is -1.58. The summed E-state index contributed by atoms with van der Waals surface area (Å²) in [5.41, 5.74) is 1.23. The molecule has 0 amide bonds. The first-order valence-electron chi connectivity index (χ1n) is 15.1. The third-order valence-electron chi connectivity index (χ3n) is 10.5. The highest BCUT2D eigenvalue weighted by Crippen LogP contribution is 2.62. The number of carbonyl (C=O) groups excluding carboxylic acids is 1. The molecule has 2 aliphatic carbocycles. The minimum Gasteiger partial charge on any atom is -0.472 e. The summed E-state index contributed by atoms with van der Waals surface area (Å²) in [5.74, 6) is 0.0784. The van der Waals surface area contributed by atoms with Crippen molar-refractivity contribution >= 4 is 5.97 Å². The first-order valence-corrected chi connectivity index (χ1v) is 15.1. The molecule has 1 aromatic heterocycles. The van der Waals surface area contributed by atoms with Crippen LogP contribution in [0.2, 0.25) is 0 Å². The number of para-hydroxylation sites is 1. The van der Waals surface area contributed by atoms with Crippen LogP contribution < -0.4 is 4.74 Å². The maximum atomic E-state index is 13.7. The molecule has 1 saturated heterocycles. The Labute approximate surface area is 251 Å². The van der Waals surface area contributed by atoms with E-state index in [9.17, 15) is 30.3 Å². The molecule has 3 aliphatic rings. The van der Waals surface area contributed by atoms with Crippen LogP contribution in [0.4, 0.5) is 0 Å². The van der Waals surface area contributed by atoms with Gasteiger partial charge >= 0.3 is 5.97 Å². The molecule has 5 N–H and O–H groups in total. The highest BCUT2D eigenvalue weighted by Gasteiger charge is 2.59. The Balaban J connectivity index is 1.31. The van der Waals surface area contributed by atoms with Crippen LogP contribution in [0.25, 0.3) is 0 Å². The van der Waals surface area contributed by atoms with Crippen LogP contribution in [0.15, 0.2) is 58.9 Å². The summed E-state index contributed by atoms with van der Waals surface area (Å²) in [4.78, 5) is 13.7. The predicted octanol–water partition coefficient (Wildman–Crippen LogP) is 2.88. The Bertz CT molecular complexity index is 1270. The number of fused-ring (bicyclic) bond motifs is 1. The van der Waals surface area contributed by atoms with Crippen LogP contribution >= 0.6 is 0 Å². The number of ether oxygens (including phenoxy) is 3. The molecule has 10 heteroatoms. The summed E-state index contributed by atoms with van der Waals surface area (Å²) < 4.78 is 22.4. The molecule has 5 rings (SSSR count).